The topological polar surface area (TPSA) is 66.6 Å². The number of aliphatic hydroxyl groups is 1. The van der Waals surface area contributed by atoms with E-state index in [0.717, 1.165) is 25.1 Å². The normalized spacial score (nSPS) is 10.5. The Morgan fingerprint density at radius 3 is 2.63 bits per heavy atom. The Labute approximate surface area is 121 Å². The van der Waals surface area contributed by atoms with E-state index in [1.165, 1.54) is 6.07 Å². The molecule has 0 bridgehead atoms. The second-order valence-corrected chi connectivity index (χ2v) is 5.27. The van der Waals surface area contributed by atoms with Crippen LogP contribution in [0.5, 0.6) is 0 Å². The number of benzene rings is 1. The SMILES string of the molecule is CCCCN(CCO)c1cc(C)c([N+](=O)[O-])cc1Br. The number of nitro benzene ring substituents is 1. The number of unbranched alkanes of at least 4 members (excludes halogenated alkanes) is 1. The lowest BCUT2D eigenvalue weighted by Gasteiger charge is -2.25. The third-order valence-electron chi connectivity index (χ3n) is 2.95. The van der Waals surface area contributed by atoms with Crippen LogP contribution in [0.3, 0.4) is 0 Å². The highest BCUT2D eigenvalue weighted by Crippen LogP contribution is 2.33. The van der Waals surface area contributed by atoms with E-state index >= 15 is 0 Å². The molecule has 5 nitrogen and oxygen atoms in total. The van der Waals surface area contributed by atoms with E-state index in [-0.39, 0.29) is 17.2 Å². The number of nitrogens with zero attached hydrogens (tertiary/aromatic N) is 2. The van der Waals surface area contributed by atoms with E-state index in [9.17, 15) is 10.1 Å². The summed E-state index contributed by atoms with van der Waals surface area (Å²) in [6, 6.07) is 3.33. The summed E-state index contributed by atoms with van der Waals surface area (Å²) in [6.07, 6.45) is 2.08. The number of anilines is 1. The Hall–Kier alpha value is -1.14. The van der Waals surface area contributed by atoms with Gasteiger partial charge in [0, 0.05) is 29.2 Å². The molecule has 0 aliphatic heterocycles. The van der Waals surface area contributed by atoms with Crippen LogP contribution in [-0.4, -0.2) is 29.7 Å². The van der Waals surface area contributed by atoms with E-state index < -0.39 is 0 Å². The number of hydrogen-bond donors (Lipinski definition) is 1. The van der Waals surface area contributed by atoms with Crippen molar-refractivity contribution < 1.29 is 10.0 Å². The fourth-order valence-corrected chi connectivity index (χ4v) is 2.50. The molecule has 0 aliphatic rings. The third kappa shape index (κ3) is 4.18. The standard InChI is InChI=1S/C13H19BrN2O3/c1-3-4-5-15(6-7-17)13-8-10(2)12(16(18)19)9-11(13)14/h8-9,17H,3-7H2,1-2H3. The smallest absolute Gasteiger partial charge is 0.273 e. The molecule has 0 aromatic heterocycles. The molecule has 0 atom stereocenters. The van der Waals surface area contributed by atoms with Crippen molar-refractivity contribution in [3.05, 3.63) is 32.3 Å². The lowest BCUT2D eigenvalue weighted by atomic mass is 10.1. The first kappa shape index (κ1) is 15.9. The fourth-order valence-electron chi connectivity index (χ4n) is 1.92. The molecular formula is C13H19BrN2O3. The van der Waals surface area contributed by atoms with Gasteiger partial charge in [0.1, 0.15) is 0 Å². The first-order chi connectivity index (χ1) is 9.01. The molecule has 6 heteroatoms. The predicted octanol–water partition coefficient (Wildman–Crippen LogP) is 3.26. The minimum absolute atomic E-state index is 0.0617. The van der Waals surface area contributed by atoms with E-state index in [2.05, 4.69) is 22.9 Å². The Bertz CT molecular complexity index is 452. The number of aliphatic hydroxyl groups excluding tert-OH is 1. The van der Waals surface area contributed by atoms with Crippen LogP contribution in [0.2, 0.25) is 0 Å². The van der Waals surface area contributed by atoms with Gasteiger partial charge in [-0.3, -0.25) is 10.1 Å². The zero-order valence-electron chi connectivity index (χ0n) is 11.2. The first-order valence-electron chi connectivity index (χ1n) is 6.31. The fraction of sp³-hybridized carbons (Fsp3) is 0.538. The van der Waals surface area contributed by atoms with Gasteiger partial charge in [-0.2, -0.15) is 0 Å². The molecule has 1 aromatic rings. The summed E-state index contributed by atoms with van der Waals surface area (Å²) in [5.74, 6) is 0. The van der Waals surface area contributed by atoms with Gasteiger partial charge >= 0.3 is 0 Å². The van der Waals surface area contributed by atoms with Gasteiger partial charge in [0.05, 0.1) is 17.2 Å². The quantitative estimate of drug-likeness (QED) is 0.615. The average molecular weight is 331 g/mol. The molecule has 19 heavy (non-hydrogen) atoms. The molecule has 1 N–H and O–H groups in total. The van der Waals surface area contributed by atoms with Crippen LogP contribution in [-0.2, 0) is 0 Å². The van der Waals surface area contributed by atoms with Gasteiger partial charge in [0.2, 0.25) is 0 Å². The Balaban J connectivity index is 3.09. The maximum absolute atomic E-state index is 10.9. The number of rotatable bonds is 7. The van der Waals surface area contributed by atoms with Crippen LogP contribution in [0.4, 0.5) is 11.4 Å². The summed E-state index contributed by atoms with van der Waals surface area (Å²) in [7, 11) is 0. The van der Waals surface area contributed by atoms with Gasteiger partial charge < -0.3 is 10.0 Å². The second kappa shape index (κ2) is 7.45. The Morgan fingerprint density at radius 1 is 1.42 bits per heavy atom. The maximum Gasteiger partial charge on any atom is 0.273 e. The molecule has 0 amide bonds. The van der Waals surface area contributed by atoms with E-state index in [4.69, 9.17) is 5.11 Å². The van der Waals surface area contributed by atoms with Crippen LogP contribution in [0.15, 0.2) is 16.6 Å². The van der Waals surface area contributed by atoms with Gasteiger partial charge in [-0.15, -0.1) is 0 Å². The van der Waals surface area contributed by atoms with Gasteiger partial charge in [-0.05, 0) is 35.3 Å². The molecule has 0 radical (unpaired) electrons. The van der Waals surface area contributed by atoms with E-state index in [1.54, 1.807) is 13.0 Å². The summed E-state index contributed by atoms with van der Waals surface area (Å²) < 4.78 is 0.689. The Morgan fingerprint density at radius 2 is 2.11 bits per heavy atom. The van der Waals surface area contributed by atoms with Crippen LogP contribution in [0.25, 0.3) is 0 Å². The lowest BCUT2D eigenvalue weighted by Crippen LogP contribution is -2.28. The van der Waals surface area contributed by atoms with Crippen molar-refractivity contribution in [1.29, 1.82) is 0 Å². The monoisotopic (exact) mass is 330 g/mol. The number of hydrogen-bond acceptors (Lipinski definition) is 4. The predicted molar refractivity (Wildman–Crippen MR) is 79.7 cm³/mol. The van der Waals surface area contributed by atoms with Crippen LogP contribution in [0.1, 0.15) is 25.3 Å². The van der Waals surface area contributed by atoms with Crippen molar-refractivity contribution in [2.75, 3.05) is 24.6 Å². The minimum atomic E-state index is -0.383. The second-order valence-electron chi connectivity index (χ2n) is 4.41. The summed E-state index contributed by atoms with van der Waals surface area (Å²) >= 11 is 3.38. The summed E-state index contributed by atoms with van der Waals surface area (Å²) in [6.45, 7) is 5.24. The van der Waals surface area contributed by atoms with Gasteiger partial charge in [0.15, 0.2) is 0 Å². The van der Waals surface area contributed by atoms with E-state index in [0.29, 0.717) is 16.6 Å². The molecule has 0 saturated carbocycles. The number of nitro groups is 1. The van der Waals surface area contributed by atoms with Crippen LogP contribution < -0.4 is 4.90 Å². The van der Waals surface area contributed by atoms with Crippen molar-refractivity contribution in [3.63, 3.8) is 0 Å². The van der Waals surface area contributed by atoms with Crippen molar-refractivity contribution in [3.8, 4) is 0 Å². The van der Waals surface area contributed by atoms with E-state index in [1.807, 2.05) is 4.90 Å². The summed E-state index contributed by atoms with van der Waals surface area (Å²) in [5, 5.41) is 20.0. The number of aryl methyl sites for hydroxylation is 1. The minimum Gasteiger partial charge on any atom is -0.395 e. The van der Waals surface area contributed by atoms with Crippen molar-refractivity contribution in [2.24, 2.45) is 0 Å². The molecule has 0 aliphatic carbocycles. The molecule has 1 aromatic carbocycles. The van der Waals surface area contributed by atoms with Crippen molar-refractivity contribution in [1.82, 2.24) is 0 Å². The molecular weight excluding hydrogens is 312 g/mol. The first-order valence-corrected chi connectivity index (χ1v) is 7.10. The zero-order chi connectivity index (χ0) is 14.4. The summed E-state index contributed by atoms with van der Waals surface area (Å²) in [4.78, 5) is 12.5. The zero-order valence-corrected chi connectivity index (χ0v) is 12.8. The third-order valence-corrected chi connectivity index (χ3v) is 3.59. The molecule has 0 spiro atoms. The average Bonchev–Trinajstić information content (AvgIpc) is 2.36. The highest BCUT2D eigenvalue weighted by atomic mass is 79.9. The number of halogens is 1. The van der Waals surface area contributed by atoms with Crippen molar-refractivity contribution >= 4 is 27.3 Å². The largest absolute Gasteiger partial charge is 0.395 e. The summed E-state index contributed by atoms with van der Waals surface area (Å²) in [5.41, 5.74) is 1.63. The lowest BCUT2D eigenvalue weighted by molar-refractivity contribution is -0.385. The maximum atomic E-state index is 10.9. The molecule has 0 heterocycles. The molecule has 0 saturated heterocycles. The molecule has 106 valence electrons. The van der Waals surface area contributed by atoms with Crippen molar-refractivity contribution in [2.45, 2.75) is 26.7 Å². The van der Waals surface area contributed by atoms with Crippen LogP contribution in [0, 0.1) is 17.0 Å². The molecule has 1 rings (SSSR count). The van der Waals surface area contributed by atoms with Gasteiger partial charge in [0.25, 0.3) is 5.69 Å². The van der Waals surface area contributed by atoms with Gasteiger partial charge in [-0.25, -0.2) is 0 Å². The van der Waals surface area contributed by atoms with Gasteiger partial charge in [-0.1, -0.05) is 13.3 Å². The Kier molecular flexibility index (Phi) is 6.24. The molecule has 0 fully saturated rings. The highest BCUT2D eigenvalue weighted by Gasteiger charge is 2.17. The highest BCUT2D eigenvalue weighted by molar-refractivity contribution is 9.10. The van der Waals surface area contributed by atoms with Crippen LogP contribution >= 0.6 is 15.9 Å². The molecule has 0 unspecified atom stereocenters.